The van der Waals surface area contributed by atoms with Crippen molar-refractivity contribution in [1.29, 1.82) is 0 Å². The van der Waals surface area contributed by atoms with Crippen LogP contribution in [0.25, 0.3) is 5.82 Å². The van der Waals surface area contributed by atoms with E-state index in [0.29, 0.717) is 12.1 Å². The number of hydrogen-bond donors (Lipinski definition) is 0. The van der Waals surface area contributed by atoms with Crippen LogP contribution in [0.2, 0.25) is 0 Å². The number of amides is 1. The number of carbonyl (C=O) groups excluding carboxylic acids is 1. The van der Waals surface area contributed by atoms with Crippen LogP contribution < -0.4 is 0 Å². The molecule has 3 heterocycles. The lowest BCUT2D eigenvalue weighted by molar-refractivity contribution is 0.0497. The molecule has 3 aromatic rings. The van der Waals surface area contributed by atoms with Crippen LogP contribution >= 0.6 is 0 Å². The number of aromatic nitrogens is 3. The van der Waals surface area contributed by atoms with Gasteiger partial charge in [0.05, 0.1) is 11.6 Å². The molecule has 0 saturated carbocycles. The van der Waals surface area contributed by atoms with E-state index in [4.69, 9.17) is 0 Å². The second-order valence-corrected chi connectivity index (χ2v) is 6.56. The molecule has 1 fully saturated rings. The SMILES string of the molecule is CN1CCN(C(=O)c2ccc(-n3ccnc3)nc2)C(c2ccccc2)C1. The van der Waals surface area contributed by atoms with Crippen molar-refractivity contribution in [2.24, 2.45) is 0 Å². The van der Waals surface area contributed by atoms with Crippen LogP contribution in [0.3, 0.4) is 0 Å². The zero-order valence-electron chi connectivity index (χ0n) is 14.7. The molecule has 1 unspecified atom stereocenters. The summed E-state index contributed by atoms with van der Waals surface area (Å²) in [4.78, 5) is 25.8. The van der Waals surface area contributed by atoms with E-state index < -0.39 is 0 Å². The molecule has 1 aliphatic heterocycles. The zero-order valence-corrected chi connectivity index (χ0v) is 14.7. The number of nitrogens with zero attached hydrogens (tertiary/aromatic N) is 5. The number of pyridine rings is 1. The third kappa shape index (κ3) is 3.23. The summed E-state index contributed by atoms with van der Waals surface area (Å²) in [6.45, 7) is 2.41. The first kappa shape index (κ1) is 16.5. The molecule has 6 nitrogen and oxygen atoms in total. The molecule has 0 bridgehead atoms. The second-order valence-electron chi connectivity index (χ2n) is 6.56. The Morgan fingerprint density at radius 2 is 1.96 bits per heavy atom. The standard InChI is InChI=1S/C20H21N5O/c1-23-11-12-25(18(14-23)16-5-3-2-4-6-16)20(26)17-7-8-19(22-13-17)24-10-9-21-15-24/h2-10,13,15,18H,11-12,14H2,1H3. The van der Waals surface area contributed by atoms with Crippen molar-refractivity contribution < 1.29 is 4.79 Å². The van der Waals surface area contributed by atoms with Gasteiger partial charge in [0.25, 0.3) is 5.91 Å². The summed E-state index contributed by atoms with van der Waals surface area (Å²) in [6, 6.07) is 14.0. The lowest BCUT2D eigenvalue weighted by Crippen LogP contribution is -2.49. The fourth-order valence-corrected chi connectivity index (χ4v) is 3.35. The largest absolute Gasteiger partial charge is 0.329 e. The summed E-state index contributed by atoms with van der Waals surface area (Å²) in [5.41, 5.74) is 1.77. The summed E-state index contributed by atoms with van der Waals surface area (Å²) >= 11 is 0. The first-order valence-corrected chi connectivity index (χ1v) is 8.71. The predicted molar refractivity (Wildman–Crippen MR) is 99.1 cm³/mol. The summed E-state index contributed by atoms with van der Waals surface area (Å²) < 4.78 is 1.82. The molecular formula is C20H21N5O. The van der Waals surface area contributed by atoms with Crippen LogP contribution in [0.1, 0.15) is 22.0 Å². The quantitative estimate of drug-likeness (QED) is 0.730. The van der Waals surface area contributed by atoms with E-state index >= 15 is 0 Å². The highest BCUT2D eigenvalue weighted by Crippen LogP contribution is 2.26. The summed E-state index contributed by atoms with van der Waals surface area (Å²) in [5.74, 6) is 0.772. The van der Waals surface area contributed by atoms with Crippen molar-refractivity contribution in [2.45, 2.75) is 6.04 Å². The van der Waals surface area contributed by atoms with E-state index in [1.165, 1.54) is 0 Å². The summed E-state index contributed by atoms with van der Waals surface area (Å²) in [6.07, 6.45) is 6.87. The number of benzene rings is 1. The minimum absolute atomic E-state index is 0.0247. The first-order chi connectivity index (χ1) is 12.7. The minimum Gasteiger partial charge on any atom is -0.329 e. The number of likely N-dealkylation sites (N-methyl/N-ethyl adjacent to an activating group) is 1. The van der Waals surface area contributed by atoms with Gasteiger partial charge in [-0.1, -0.05) is 30.3 Å². The Bertz CT molecular complexity index is 861. The molecular weight excluding hydrogens is 326 g/mol. The average molecular weight is 347 g/mol. The Kier molecular flexibility index (Phi) is 4.50. The molecule has 2 aromatic heterocycles. The third-order valence-corrected chi connectivity index (χ3v) is 4.79. The Morgan fingerprint density at radius 3 is 2.65 bits per heavy atom. The van der Waals surface area contributed by atoms with Crippen LogP contribution in [0, 0.1) is 0 Å². The monoisotopic (exact) mass is 347 g/mol. The van der Waals surface area contributed by atoms with Crippen molar-refractivity contribution in [3.8, 4) is 5.82 Å². The van der Waals surface area contributed by atoms with Gasteiger partial charge < -0.3 is 9.80 Å². The highest BCUT2D eigenvalue weighted by Gasteiger charge is 2.30. The van der Waals surface area contributed by atoms with Crippen molar-refractivity contribution in [3.05, 3.63) is 78.5 Å². The van der Waals surface area contributed by atoms with Gasteiger partial charge in [-0.2, -0.15) is 0 Å². The summed E-state index contributed by atoms with van der Waals surface area (Å²) in [5, 5.41) is 0. The topological polar surface area (TPSA) is 54.3 Å². The van der Waals surface area contributed by atoms with E-state index in [2.05, 4.69) is 34.0 Å². The molecule has 132 valence electrons. The molecule has 1 aromatic carbocycles. The summed E-state index contributed by atoms with van der Waals surface area (Å²) in [7, 11) is 2.10. The lowest BCUT2D eigenvalue weighted by Gasteiger charge is -2.40. The molecule has 4 rings (SSSR count). The van der Waals surface area contributed by atoms with E-state index in [0.717, 1.165) is 24.5 Å². The van der Waals surface area contributed by atoms with Gasteiger partial charge in [-0.3, -0.25) is 9.36 Å². The van der Waals surface area contributed by atoms with Gasteiger partial charge in [0, 0.05) is 38.2 Å². The highest BCUT2D eigenvalue weighted by molar-refractivity contribution is 5.94. The van der Waals surface area contributed by atoms with Crippen molar-refractivity contribution in [1.82, 2.24) is 24.3 Å². The lowest BCUT2D eigenvalue weighted by atomic mass is 10.0. The van der Waals surface area contributed by atoms with E-state index in [9.17, 15) is 4.79 Å². The van der Waals surface area contributed by atoms with Crippen LogP contribution in [0.15, 0.2) is 67.4 Å². The Balaban J connectivity index is 1.59. The van der Waals surface area contributed by atoms with Crippen LogP contribution in [0.4, 0.5) is 0 Å². The molecule has 26 heavy (non-hydrogen) atoms. The number of piperazine rings is 1. The highest BCUT2D eigenvalue weighted by atomic mass is 16.2. The smallest absolute Gasteiger partial charge is 0.256 e. The maximum absolute atomic E-state index is 13.1. The second kappa shape index (κ2) is 7.09. The van der Waals surface area contributed by atoms with Gasteiger partial charge in [-0.15, -0.1) is 0 Å². The first-order valence-electron chi connectivity index (χ1n) is 8.71. The van der Waals surface area contributed by atoms with Gasteiger partial charge in [-0.05, 0) is 24.7 Å². The molecule has 1 amide bonds. The van der Waals surface area contributed by atoms with Gasteiger partial charge >= 0.3 is 0 Å². The zero-order chi connectivity index (χ0) is 17.9. The molecule has 0 radical (unpaired) electrons. The van der Waals surface area contributed by atoms with Gasteiger partial charge in [-0.25, -0.2) is 9.97 Å². The Morgan fingerprint density at radius 1 is 1.12 bits per heavy atom. The van der Waals surface area contributed by atoms with Crippen LogP contribution in [-0.2, 0) is 0 Å². The van der Waals surface area contributed by atoms with Gasteiger partial charge in [0.15, 0.2) is 0 Å². The molecule has 6 heteroatoms. The van der Waals surface area contributed by atoms with E-state index in [-0.39, 0.29) is 11.9 Å². The maximum Gasteiger partial charge on any atom is 0.256 e. The molecule has 0 spiro atoms. The van der Waals surface area contributed by atoms with Crippen molar-refractivity contribution in [3.63, 3.8) is 0 Å². The van der Waals surface area contributed by atoms with Gasteiger partial charge in [0.1, 0.15) is 12.1 Å². The van der Waals surface area contributed by atoms with E-state index in [1.807, 2.05) is 46.0 Å². The number of imidazole rings is 1. The number of rotatable bonds is 3. The fraction of sp³-hybridized carbons (Fsp3) is 0.250. The molecule has 0 N–H and O–H groups in total. The van der Waals surface area contributed by atoms with Crippen LogP contribution in [-0.4, -0.2) is 56.9 Å². The predicted octanol–water partition coefficient (Wildman–Crippen LogP) is 2.40. The van der Waals surface area contributed by atoms with Gasteiger partial charge in [0.2, 0.25) is 0 Å². The Labute approximate surface area is 152 Å². The Hall–Kier alpha value is -2.99. The maximum atomic E-state index is 13.1. The molecule has 0 aliphatic carbocycles. The fourth-order valence-electron chi connectivity index (χ4n) is 3.35. The molecule has 1 aliphatic rings. The number of carbonyl (C=O) groups is 1. The molecule has 1 saturated heterocycles. The van der Waals surface area contributed by atoms with Crippen LogP contribution in [0.5, 0.6) is 0 Å². The van der Waals surface area contributed by atoms with Crippen molar-refractivity contribution >= 4 is 5.91 Å². The number of hydrogen-bond acceptors (Lipinski definition) is 4. The van der Waals surface area contributed by atoms with Crippen molar-refractivity contribution in [2.75, 3.05) is 26.7 Å². The molecule has 1 atom stereocenters. The minimum atomic E-state index is 0.0247. The average Bonchev–Trinajstić information content (AvgIpc) is 3.23. The normalized spacial score (nSPS) is 18.0. The van der Waals surface area contributed by atoms with E-state index in [1.54, 1.807) is 18.7 Å². The third-order valence-electron chi connectivity index (χ3n) is 4.79.